The Labute approximate surface area is 127 Å². The molecule has 0 aromatic carbocycles. The van der Waals surface area contributed by atoms with Gasteiger partial charge in [0.25, 0.3) is 0 Å². The van der Waals surface area contributed by atoms with Crippen LogP contribution in [0.3, 0.4) is 0 Å². The highest BCUT2D eigenvalue weighted by Crippen LogP contribution is 2.67. The van der Waals surface area contributed by atoms with E-state index in [1.807, 2.05) is 18.2 Å². The number of hydrogen-bond donors (Lipinski definition) is 2. The quantitative estimate of drug-likeness (QED) is 0.816. The first-order chi connectivity index (χ1) is 9.34. The molecule has 4 nitrogen and oxygen atoms in total. The minimum absolute atomic E-state index is 0.0329. The minimum atomic E-state index is -0.117. The second-order valence-corrected chi connectivity index (χ2v) is 7.68. The molecule has 0 bridgehead atoms. The molecule has 1 aromatic heterocycles. The lowest BCUT2D eigenvalue weighted by molar-refractivity contribution is -0.120. The number of amides is 1. The highest BCUT2D eigenvalue weighted by molar-refractivity contribution is 9.10. The summed E-state index contributed by atoms with van der Waals surface area (Å²) in [6.45, 7) is 7.65. The average molecular weight is 338 g/mol. The normalized spacial score (nSPS) is 31.8. The molecule has 2 aliphatic rings. The second-order valence-electron chi connectivity index (χ2n) is 6.87. The predicted octanol–water partition coefficient (Wildman–Crippen LogP) is 2.81. The molecule has 5 heteroatoms. The van der Waals surface area contributed by atoms with E-state index in [1.54, 1.807) is 0 Å². The molecule has 108 valence electrons. The van der Waals surface area contributed by atoms with Crippen LogP contribution in [0.1, 0.15) is 27.2 Å². The molecule has 0 spiro atoms. The second kappa shape index (κ2) is 4.53. The van der Waals surface area contributed by atoms with Crippen molar-refractivity contribution >= 4 is 27.7 Å². The summed E-state index contributed by atoms with van der Waals surface area (Å²) in [4.78, 5) is 16.9. The Balaban J connectivity index is 1.78. The van der Waals surface area contributed by atoms with Crippen LogP contribution < -0.4 is 10.6 Å². The van der Waals surface area contributed by atoms with Gasteiger partial charge in [0.15, 0.2) is 0 Å². The standard InChI is InChI=1S/C15H20BrN3O/c1-14(2,3)15-7-9(15)8-17-12(15)13(20)19-11-6-4-5-10(16)18-11/h4-6,9,12,17H,7-8H2,1-3H3,(H,18,19,20)/t9-,12+,15+/m0/s1. The summed E-state index contributed by atoms with van der Waals surface area (Å²) in [5.41, 5.74) is 0.233. The van der Waals surface area contributed by atoms with Crippen molar-refractivity contribution in [3.8, 4) is 0 Å². The number of carbonyl (C=O) groups excluding carboxylic acids is 1. The third-order valence-electron chi connectivity index (χ3n) is 4.86. The van der Waals surface area contributed by atoms with Crippen molar-refractivity contribution in [2.45, 2.75) is 33.2 Å². The number of halogens is 1. The molecule has 2 heterocycles. The number of hydrogen-bond acceptors (Lipinski definition) is 3. The van der Waals surface area contributed by atoms with Gasteiger partial charge in [0.1, 0.15) is 10.4 Å². The molecule has 3 atom stereocenters. The lowest BCUT2D eigenvalue weighted by atomic mass is 9.72. The number of fused-ring (bicyclic) bond motifs is 1. The summed E-state index contributed by atoms with van der Waals surface area (Å²) < 4.78 is 0.726. The Bertz CT molecular complexity index is 554. The van der Waals surface area contributed by atoms with Crippen molar-refractivity contribution in [3.63, 3.8) is 0 Å². The lowest BCUT2D eigenvalue weighted by Gasteiger charge is -2.34. The molecule has 1 amide bonds. The van der Waals surface area contributed by atoms with E-state index in [4.69, 9.17) is 0 Å². The summed E-state index contributed by atoms with van der Waals surface area (Å²) in [7, 11) is 0. The molecule has 1 saturated heterocycles. The summed E-state index contributed by atoms with van der Waals surface area (Å²) >= 11 is 3.32. The van der Waals surface area contributed by atoms with Crippen molar-refractivity contribution in [1.29, 1.82) is 0 Å². The van der Waals surface area contributed by atoms with Gasteiger partial charge in [0.2, 0.25) is 5.91 Å². The first-order valence-electron chi connectivity index (χ1n) is 7.01. The van der Waals surface area contributed by atoms with Crippen molar-refractivity contribution in [1.82, 2.24) is 10.3 Å². The summed E-state index contributed by atoms with van der Waals surface area (Å²) in [6, 6.07) is 5.41. The van der Waals surface area contributed by atoms with E-state index in [0.717, 1.165) is 17.6 Å². The largest absolute Gasteiger partial charge is 0.309 e. The average Bonchev–Trinajstić information content (AvgIpc) is 2.96. The van der Waals surface area contributed by atoms with Gasteiger partial charge in [0.05, 0.1) is 6.04 Å². The Morgan fingerprint density at radius 3 is 2.85 bits per heavy atom. The van der Waals surface area contributed by atoms with Crippen molar-refractivity contribution < 1.29 is 4.79 Å². The SMILES string of the molecule is CC(C)(C)[C@]12C[C@H]1CN[C@@H]2C(=O)Nc1cccc(Br)n1. The monoisotopic (exact) mass is 337 g/mol. The molecule has 1 aliphatic heterocycles. The molecule has 1 aliphatic carbocycles. The fourth-order valence-corrected chi connectivity index (χ4v) is 4.10. The van der Waals surface area contributed by atoms with E-state index in [0.29, 0.717) is 11.7 Å². The van der Waals surface area contributed by atoms with E-state index in [9.17, 15) is 4.79 Å². The van der Waals surface area contributed by atoms with E-state index in [2.05, 4.69) is 52.3 Å². The molecule has 0 unspecified atom stereocenters. The summed E-state index contributed by atoms with van der Waals surface area (Å²) in [5.74, 6) is 1.26. The fraction of sp³-hybridized carbons (Fsp3) is 0.600. The Morgan fingerprint density at radius 1 is 1.50 bits per heavy atom. The molecule has 20 heavy (non-hydrogen) atoms. The van der Waals surface area contributed by atoms with Crippen LogP contribution in [0.2, 0.25) is 0 Å². The lowest BCUT2D eigenvalue weighted by Crippen LogP contribution is -2.47. The number of carbonyl (C=O) groups is 1. The van der Waals surface area contributed by atoms with Gasteiger partial charge in [-0.15, -0.1) is 0 Å². The van der Waals surface area contributed by atoms with Gasteiger partial charge >= 0.3 is 0 Å². The highest BCUT2D eigenvalue weighted by Gasteiger charge is 2.69. The van der Waals surface area contributed by atoms with Crippen LogP contribution in [-0.2, 0) is 4.79 Å². The van der Waals surface area contributed by atoms with Gasteiger partial charge in [-0.05, 0) is 52.4 Å². The summed E-state index contributed by atoms with van der Waals surface area (Å²) in [5, 5.41) is 6.32. The number of pyridine rings is 1. The molecule has 3 rings (SSSR count). The maximum absolute atomic E-state index is 12.6. The zero-order chi connectivity index (χ0) is 14.5. The zero-order valence-electron chi connectivity index (χ0n) is 12.0. The Kier molecular flexibility index (Phi) is 3.18. The molecule has 2 fully saturated rings. The highest BCUT2D eigenvalue weighted by atomic mass is 79.9. The van der Waals surface area contributed by atoms with Gasteiger partial charge in [0, 0.05) is 5.41 Å². The number of nitrogens with zero attached hydrogens (tertiary/aromatic N) is 1. The smallest absolute Gasteiger partial charge is 0.243 e. The van der Waals surface area contributed by atoms with Gasteiger partial charge in [-0.25, -0.2) is 4.98 Å². The zero-order valence-corrected chi connectivity index (χ0v) is 13.6. The van der Waals surface area contributed by atoms with Crippen molar-refractivity contribution in [2.24, 2.45) is 16.7 Å². The van der Waals surface area contributed by atoms with Gasteiger partial charge in [-0.1, -0.05) is 26.8 Å². The number of rotatable bonds is 2. The van der Waals surface area contributed by atoms with E-state index in [1.165, 1.54) is 0 Å². The first kappa shape index (κ1) is 14.0. The van der Waals surface area contributed by atoms with E-state index in [-0.39, 0.29) is 22.8 Å². The van der Waals surface area contributed by atoms with Crippen LogP contribution in [0.4, 0.5) is 5.82 Å². The molecule has 0 radical (unpaired) electrons. The number of piperidine rings is 1. The van der Waals surface area contributed by atoms with Crippen molar-refractivity contribution in [3.05, 3.63) is 22.8 Å². The molecular formula is C15H20BrN3O. The van der Waals surface area contributed by atoms with Crippen LogP contribution in [-0.4, -0.2) is 23.5 Å². The van der Waals surface area contributed by atoms with Crippen LogP contribution in [0, 0.1) is 16.7 Å². The maximum atomic E-state index is 12.6. The van der Waals surface area contributed by atoms with Gasteiger partial charge in [-0.2, -0.15) is 0 Å². The molecular weight excluding hydrogens is 318 g/mol. The molecule has 1 aromatic rings. The Hall–Kier alpha value is -0.940. The Morgan fingerprint density at radius 2 is 2.25 bits per heavy atom. The van der Waals surface area contributed by atoms with Gasteiger partial charge < -0.3 is 10.6 Å². The molecule has 1 saturated carbocycles. The van der Waals surface area contributed by atoms with Gasteiger partial charge in [-0.3, -0.25) is 4.79 Å². The predicted molar refractivity (Wildman–Crippen MR) is 82.4 cm³/mol. The fourth-order valence-electron chi connectivity index (χ4n) is 3.75. The third-order valence-corrected chi connectivity index (χ3v) is 5.30. The summed E-state index contributed by atoms with van der Waals surface area (Å²) in [6.07, 6.45) is 1.15. The topological polar surface area (TPSA) is 54.0 Å². The number of aromatic nitrogens is 1. The maximum Gasteiger partial charge on any atom is 0.243 e. The minimum Gasteiger partial charge on any atom is -0.309 e. The third kappa shape index (κ3) is 2.07. The molecule has 2 N–H and O–H groups in total. The van der Waals surface area contributed by atoms with E-state index >= 15 is 0 Å². The first-order valence-corrected chi connectivity index (χ1v) is 7.81. The van der Waals surface area contributed by atoms with Crippen LogP contribution in [0.5, 0.6) is 0 Å². The van der Waals surface area contributed by atoms with Crippen molar-refractivity contribution in [2.75, 3.05) is 11.9 Å². The number of anilines is 1. The van der Waals surface area contributed by atoms with Crippen LogP contribution in [0.15, 0.2) is 22.8 Å². The van der Waals surface area contributed by atoms with E-state index < -0.39 is 0 Å². The van der Waals surface area contributed by atoms with Crippen LogP contribution in [0.25, 0.3) is 0 Å². The number of nitrogens with one attached hydrogen (secondary N) is 2. The van der Waals surface area contributed by atoms with Crippen LogP contribution >= 0.6 is 15.9 Å².